The van der Waals surface area contributed by atoms with E-state index in [1.54, 1.807) is 6.08 Å². The maximum absolute atomic E-state index is 12.9. The van der Waals surface area contributed by atoms with Crippen LogP contribution in [-0.2, 0) is 11.0 Å². The molecule has 0 amide bonds. The Morgan fingerprint density at radius 2 is 1.37 bits per heavy atom. The highest BCUT2D eigenvalue weighted by atomic mass is 19.4. The number of allylic oxidation sites excluding steroid dienone is 2. The van der Waals surface area contributed by atoms with Gasteiger partial charge in [0.05, 0.1) is 5.56 Å². The lowest BCUT2D eigenvalue weighted by molar-refractivity contribution is -0.137. The quantitative estimate of drug-likeness (QED) is 0.402. The number of hydrogen-bond acceptors (Lipinski definition) is 1. The second-order valence-corrected chi connectivity index (χ2v) is 6.85. The molecule has 1 heterocycles. The summed E-state index contributed by atoms with van der Waals surface area (Å²) in [6.07, 6.45) is -0.494. The number of halogens is 3. The summed E-state index contributed by atoms with van der Waals surface area (Å²) in [6.45, 7) is 4.01. The van der Waals surface area contributed by atoms with Crippen molar-refractivity contribution < 1.29 is 23.1 Å². The van der Waals surface area contributed by atoms with Crippen molar-refractivity contribution in [3.05, 3.63) is 107 Å². The third kappa shape index (κ3) is 4.71. The minimum Gasteiger partial charge on any atom is -0.478 e. The van der Waals surface area contributed by atoms with Crippen molar-refractivity contribution in [2.45, 2.75) is 20.0 Å². The molecule has 6 heteroatoms. The standard InChI is InChI=1S/C24H20F3NO2/c1-16-6-7-17(2)28(16)21-14-10-19(11-15-21)22(4-3-5-23(29)30)18-8-12-20(13-9-18)24(25,26)27/h3-15H,1-2H3,(H,29,30). The maximum Gasteiger partial charge on any atom is 0.416 e. The Morgan fingerprint density at radius 1 is 0.867 bits per heavy atom. The van der Waals surface area contributed by atoms with Gasteiger partial charge in [-0.15, -0.1) is 0 Å². The number of nitrogens with zero attached hydrogens (tertiary/aromatic N) is 1. The molecule has 0 aliphatic rings. The third-order valence-corrected chi connectivity index (χ3v) is 4.73. The summed E-state index contributed by atoms with van der Waals surface area (Å²) in [4.78, 5) is 10.8. The van der Waals surface area contributed by atoms with Crippen molar-refractivity contribution in [1.29, 1.82) is 0 Å². The van der Waals surface area contributed by atoms with E-state index in [4.69, 9.17) is 5.11 Å². The predicted octanol–water partition coefficient (Wildman–Crippen LogP) is 6.19. The monoisotopic (exact) mass is 411 g/mol. The SMILES string of the molecule is Cc1ccc(C)n1-c1ccc(C(=CC=CC(=O)O)c2ccc(C(F)(F)F)cc2)cc1. The van der Waals surface area contributed by atoms with Crippen molar-refractivity contribution >= 4 is 11.5 Å². The molecule has 1 aromatic heterocycles. The van der Waals surface area contributed by atoms with Crippen LogP contribution in [0.5, 0.6) is 0 Å². The van der Waals surface area contributed by atoms with Crippen LogP contribution in [0, 0.1) is 13.8 Å². The van der Waals surface area contributed by atoms with Crippen LogP contribution in [0.2, 0.25) is 0 Å². The number of hydrogen-bond donors (Lipinski definition) is 1. The summed E-state index contributed by atoms with van der Waals surface area (Å²) in [7, 11) is 0. The van der Waals surface area contributed by atoms with E-state index in [-0.39, 0.29) is 0 Å². The first-order chi connectivity index (χ1) is 14.2. The van der Waals surface area contributed by atoms with Gasteiger partial charge in [0.15, 0.2) is 0 Å². The molecule has 0 radical (unpaired) electrons. The number of carbonyl (C=O) groups is 1. The molecule has 0 fully saturated rings. The first kappa shape index (κ1) is 21.2. The molecule has 3 nitrogen and oxygen atoms in total. The van der Waals surface area contributed by atoms with Crippen LogP contribution in [-0.4, -0.2) is 15.6 Å². The molecule has 30 heavy (non-hydrogen) atoms. The fourth-order valence-corrected chi connectivity index (χ4v) is 3.29. The average Bonchev–Trinajstić information content (AvgIpc) is 3.03. The summed E-state index contributed by atoms with van der Waals surface area (Å²) < 4.78 is 40.8. The molecule has 0 unspecified atom stereocenters. The minimum absolute atomic E-state index is 0.555. The smallest absolute Gasteiger partial charge is 0.416 e. The molecule has 0 aliphatic carbocycles. The number of carboxylic acids is 1. The Kier molecular flexibility index (Phi) is 5.96. The lowest BCUT2D eigenvalue weighted by Gasteiger charge is -2.13. The topological polar surface area (TPSA) is 42.2 Å². The van der Waals surface area contributed by atoms with Crippen molar-refractivity contribution in [2.24, 2.45) is 0 Å². The van der Waals surface area contributed by atoms with Crippen LogP contribution in [0.4, 0.5) is 13.2 Å². The molecule has 3 rings (SSSR count). The van der Waals surface area contributed by atoms with Crippen LogP contribution in [0.3, 0.4) is 0 Å². The molecule has 0 saturated heterocycles. The van der Waals surface area contributed by atoms with E-state index in [9.17, 15) is 18.0 Å². The van der Waals surface area contributed by atoms with Crippen LogP contribution in [0.25, 0.3) is 11.3 Å². The summed E-state index contributed by atoms with van der Waals surface area (Å²) in [6, 6.07) is 16.4. The Morgan fingerprint density at radius 3 is 1.83 bits per heavy atom. The number of aromatic nitrogens is 1. The molecular weight excluding hydrogens is 391 g/mol. The average molecular weight is 411 g/mol. The van der Waals surface area contributed by atoms with E-state index in [0.29, 0.717) is 11.1 Å². The van der Waals surface area contributed by atoms with Gasteiger partial charge in [0, 0.05) is 23.2 Å². The molecule has 1 N–H and O–H groups in total. The van der Waals surface area contributed by atoms with Crippen molar-refractivity contribution in [2.75, 3.05) is 0 Å². The normalized spacial score (nSPS) is 12.5. The number of benzene rings is 2. The maximum atomic E-state index is 12.9. The Balaban J connectivity index is 2.02. The number of alkyl halides is 3. The van der Waals surface area contributed by atoms with Crippen molar-refractivity contribution in [3.8, 4) is 5.69 Å². The van der Waals surface area contributed by atoms with E-state index in [0.717, 1.165) is 40.8 Å². The van der Waals surface area contributed by atoms with Gasteiger partial charge in [0.1, 0.15) is 0 Å². The fourth-order valence-electron chi connectivity index (χ4n) is 3.29. The van der Waals surface area contributed by atoms with Crippen LogP contribution in [0.1, 0.15) is 28.1 Å². The summed E-state index contributed by atoms with van der Waals surface area (Å²) in [5.74, 6) is -1.10. The molecule has 3 aromatic rings. The lowest BCUT2D eigenvalue weighted by atomic mass is 9.96. The zero-order chi connectivity index (χ0) is 21.9. The molecule has 0 spiro atoms. The molecule has 2 aromatic carbocycles. The number of carboxylic acid groups (broad SMARTS) is 1. The van der Waals surface area contributed by atoms with Gasteiger partial charge in [0.25, 0.3) is 0 Å². The van der Waals surface area contributed by atoms with Crippen molar-refractivity contribution in [1.82, 2.24) is 4.57 Å². The number of aryl methyl sites for hydroxylation is 2. The Labute approximate surface area is 172 Å². The van der Waals surface area contributed by atoms with Crippen LogP contribution >= 0.6 is 0 Å². The van der Waals surface area contributed by atoms with Gasteiger partial charge in [-0.05, 0) is 66.9 Å². The van der Waals surface area contributed by atoms with E-state index < -0.39 is 17.7 Å². The van der Waals surface area contributed by atoms with E-state index in [1.807, 2.05) is 50.2 Å². The van der Waals surface area contributed by atoms with Gasteiger partial charge in [0.2, 0.25) is 0 Å². The van der Waals surface area contributed by atoms with E-state index in [2.05, 4.69) is 4.57 Å². The molecular formula is C24H20F3NO2. The van der Waals surface area contributed by atoms with Gasteiger partial charge >= 0.3 is 12.1 Å². The second-order valence-electron chi connectivity index (χ2n) is 6.85. The molecule has 154 valence electrons. The first-order valence-electron chi connectivity index (χ1n) is 9.21. The summed E-state index contributed by atoms with van der Waals surface area (Å²) in [5, 5.41) is 8.84. The Bertz CT molecular complexity index is 1080. The summed E-state index contributed by atoms with van der Waals surface area (Å²) in [5.41, 5.74) is 4.34. The highest BCUT2D eigenvalue weighted by Crippen LogP contribution is 2.32. The van der Waals surface area contributed by atoms with Crippen LogP contribution in [0.15, 0.2) is 78.9 Å². The Hall–Kier alpha value is -3.54. The van der Waals surface area contributed by atoms with Gasteiger partial charge in [-0.2, -0.15) is 13.2 Å². The second kappa shape index (κ2) is 8.45. The zero-order valence-corrected chi connectivity index (χ0v) is 16.4. The number of aliphatic carboxylic acids is 1. The predicted molar refractivity (Wildman–Crippen MR) is 111 cm³/mol. The van der Waals surface area contributed by atoms with E-state index >= 15 is 0 Å². The highest BCUT2D eigenvalue weighted by Gasteiger charge is 2.30. The van der Waals surface area contributed by atoms with Crippen LogP contribution < -0.4 is 0 Å². The molecule has 0 saturated carbocycles. The van der Waals surface area contributed by atoms with Gasteiger partial charge in [-0.25, -0.2) is 4.79 Å². The third-order valence-electron chi connectivity index (χ3n) is 4.73. The van der Waals surface area contributed by atoms with Gasteiger partial charge < -0.3 is 9.67 Å². The highest BCUT2D eigenvalue weighted by molar-refractivity contribution is 5.84. The fraction of sp³-hybridized carbons (Fsp3) is 0.125. The zero-order valence-electron chi connectivity index (χ0n) is 16.4. The van der Waals surface area contributed by atoms with E-state index in [1.165, 1.54) is 18.2 Å². The lowest BCUT2D eigenvalue weighted by Crippen LogP contribution is -2.04. The van der Waals surface area contributed by atoms with Gasteiger partial charge in [-0.3, -0.25) is 0 Å². The molecule has 0 atom stereocenters. The first-order valence-corrected chi connectivity index (χ1v) is 9.21. The minimum atomic E-state index is -4.42. The van der Waals surface area contributed by atoms with Gasteiger partial charge in [-0.1, -0.05) is 36.4 Å². The molecule has 0 bridgehead atoms. The van der Waals surface area contributed by atoms with Crippen molar-refractivity contribution in [3.63, 3.8) is 0 Å². The summed E-state index contributed by atoms with van der Waals surface area (Å²) >= 11 is 0. The molecule has 0 aliphatic heterocycles. The largest absolute Gasteiger partial charge is 0.478 e. The number of rotatable bonds is 5.